The Hall–Kier alpha value is -1.63. The number of nitrogens with zero attached hydrogens (tertiary/aromatic N) is 3. The molecule has 158 valence electrons. The lowest BCUT2D eigenvalue weighted by atomic mass is 10.1. The van der Waals surface area contributed by atoms with Crippen LogP contribution in [0.5, 0.6) is 0 Å². The number of ether oxygens (including phenoxy) is 1. The standard InChI is InChI=1S/C22H39N5O/c1-18(2)27(19(3)4)11-10-24-22(23-5)25-16-20-8-6-7-9-21(20)17-26-12-14-28-15-13-26/h6-9,18-19H,10-17H2,1-5H3,(H2,23,24,25). The molecule has 28 heavy (non-hydrogen) atoms. The maximum atomic E-state index is 5.46. The summed E-state index contributed by atoms with van der Waals surface area (Å²) in [6.07, 6.45) is 0. The molecule has 1 aromatic rings. The SMILES string of the molecule is CN=C(NCCN(C(C)C)C(C)C)NCc1ccccc1CN1CCOCC1. The molecule has 0 atom stereocenters. The lowest BCUT2D eigenvalue weighted by Crippen LogP contribution is -2.45. The predicted molar refractivity (Wildman–Crippen MR) is 118 cm³/mol. The van der Waals surface area contributed by atoms with Crippen LogP contribution >= 0.6 is 0 Å². The number of hydrogen-bond donors (Lipinski definition) is 2. The van der Waals surface area contributed by atoms with E-state index >= 15 is 0 Å². The van der Waals surface area contributed by atoms with Gasteiger partial charge in [0.05, 0.1) is 13.2 Å². The zero-order valence-corrected chi connectivity index (χ0v) is 18.4. The van der Waals surface area contributed by atoms with E-state index in [0.717, 1.165) is 58.4 Å². The molecule has 6 nitrogen and oxygen atoms in total. The van der Waals surface area contributed by atoms with Gasteiger partial charge in [0.15, 0.2) is 5.96 Å². The van der Waals surface area contributed by atoms with Gasteiger partial charge in [-0.1, -0.05) is 24.3 Å². The van der Waals surface area contributed by atoms with Gasteiger partial charge in [-0.2, -0.15) is 0 Å². The van der Waals surface area contributed by atoms with E-state index in [9.17, 15) is 0 Å². The number of nitrogens with one attached hydrogen (secondary N) is 2. The molecule has 0 aromatic heterocycles. The van der Waals surface area contributed by atoms with Crippen molar-refractivity contribution >= 4 is 5.96 Å². The summed E-state index contributed by atoms with van der Waals surface area (Å²) in [4.78, 5) is 9.33. The summed E-state index contributed by atoms with van der Waals surface area (Å²) in [7, 11) is 1.83. The van der Waals surface area contributed by atoms with E-state index in [1.165, 1.54) is 11.1 Å². The fourth-order valence-corrected chi connectivity index (χ4v) is 3.70. The zero-order valence-electron chi connectivity index (χ0n) is 18.4. The molecule has 0 spiro atoms. The smallest absolute Gasteiger partial charge is 0.191 e. The number of guanidine groups is 1. The van der Waals surface area contributed by atoms with Crippen LogP contribution in [-0.4, -0.2) is 74.3 Å². The van der Waals surface area contributed by atoms with Crippen molar-refractivity contribution in [1.29, 1.82) is 0 Å². The molecule has 2 N–H and O–H groups in total. The molecular weight excluding hydrogens is 350 g/mol. The molecule has 0 amide bonds. The highest BCUT2D eigenvalue weighted by Crippen LogP contribution is 2.13. The third-order valence-electron chi connectivity index (χ3n) is 5.27. The quantitative estimate of drug-likeness (QED) is 0.501. The first-order chi connectivity index (χ1) is 13.5. The molecule has 0 radical (unpaired) electrons. The summed E-state index contributed by atoms with van der Waals surface area (Å²) in [5.41, 5.74) is 2.70. The molecule has 0 saturated carbocycles. The topological polar surface area (TPSA) is 52.1 Å². The number of benzene rings is 1. The first kappa shape index (κ1) is 22.7. The molecule has 2 rings (SSSR count). The average Bonchev–Trinajstić information content (AvgIpc) is 2.68. The Balaban J connectivity index is 1.84. The molecule has 1 saturated heterocycles. The molecule has 0 bridgehead atoms. The second-order valence-electron chi connectivity index (χ2n) is 7.94. The van der Waals surface area contributed by atoms with Crippen molar-refractivity contribution in [3.63, 3.8) is 0 Å². The second-order valence-corrected chi connectivity index (χ2v) is 7.94. The maximum Gasteiger partial charge on any atom is 0.191 e. The highest BCUT2D eigenvalue weighted by molar-refractivity contribution is 5.79. The van der Waals surface area contributed by atoms with Crippen molar-refractivity contribution in [2.45, 2.75) is 52.9 Å². The predicted octanol–water partition coefficient (Wildman–Crippen LogP) is 2.30. The van der Waals surface area contributed by atoms with Crippen LogP contribution in [0.25, 0.3) is 0 Å². The largest absolute Gasteiger partial charge is 0.379 e. The Morgan fingerprint density at radius 3 is 2.32 bits per heavy atom. The van der Waals surface area contributed by atoms with E-state index in [-0.39, 0.29) is 0 Å². The third-order valence-corrected chi connectivity index (χ3v) is 5.27. The average molecular weight is 390 g/mol. The molecule has 6 heteroatoms. The summed E-state index contributed by atoms with van der Waals surface area (Å²) in [6.45, 7) is 16.3. The Kier molecular flexibility index (Phi) is 9.75. The van der Waals surface area contributed by atoms with Gasteiger partial charge < -0.3 is 15.4 Å². The van der Waals surface area contributed by atoms with E-state index in [1.54, 1.807) is 0 Å². The van der Waals surface area contributed by atoms with Crippen molar-refractivity contribution in [2.24, 2.45) is 4.99 Å². The minimum absolute atomic E-state index is 0.545. The van der Waals surface area contributed by atoms with Crippen molar-refractivity contribution in [2.75, 3.05) is 46.4 Å². The van der Waals surface area contributed by atoms with Crippen LogP contribution in [0.1, 0.15) is 38.8 Å². The van der Waals surface area contributed by atoms with Gasteiger partial charge in [0.2, 0.25) is 0 Å². The number of aliphatic imine (C=N–C) groups is 1. The minimum atomic E-state index is 0.545. The van der Waals surface area contributed by atoms with E-state index < -0.39 is 0 Å². The van der Waals surface area contributed by atoms with Crippen molar-refractivity contribution in [1.82, 2.24) is 20.4 Å². The van der Waals surface area contributed by atoms with Gasteiger partial charge >= 0.3 is 0 Å². The molecule has 0 aliphatic carbocycles. The van der Waals surface area contributed by atoms with E-state index in [1.807, 2.05) is 7.05 Å². The zero-order chi connectivity index (χ0) is 20.4. The Morgan fingerprint density at radius 2 is 1.71 bits per heavy atom. The van der Waals surface area contributed by atoms with Gasteiger partial charge in [0.1, 0.15) is 0 Å². The molecule has 1 aliphatic rings. The Labute approximate surface area is 171 Å². The highest BCUT2D eigenvalue weighted by atomic mass is 16.5. The van der Waals surface area contributed by atoms with Crippen molar-refractivity contribution in [3.8, 4) is 0 Å². The molecular formula is C22H39N5O. The molecule has 1 aliphatic heterocycles. The Morgan fingerprint density at radius 1 is 1.07 bits per heavy atom. The van der Waals surface area contributed by atoms with Crippen molar-refractivity contribution in [3.05, 3.63) is 35.4 Å². The fraction of sp³-hybridized carbons (Fsp3) is 0.682. The normalized spacial score (nSPS) is 16.2. The number of rotatable bonds is 9. The molecule has 1 heterocycles. The number of morpholine rings is 1. The second kappa shape index (κ2) is 12.0. The van der Waals surface area contributed by atoms with Gasteiger partial charge in [-0.05, 0) is 38.8 Å². The summed E-state index contributed by atoms with van der Waals surface area (Å²) in [6, 6.07) is 9.76. The van der Waals surface area contributed by atoms with Crippen LogP contribution in [0, 0.1) is 0 Å². The highest BCUT2D eigenvalue weighted by Gasteiger charge is 2.14. The molecule has 1 fully saturated rings. The van der Waals surface area contributed by atoms with Crippen LogP contribution in [-0.2, 0) is 17.8 Å². The van der Waals surface area contributed by atoms with E-state index in [4.69, 9.17) is 4.74 Å². The fourth-order valence-electron chi connectivity index (χ4n) is 3.70. The van der Waals surface area contributed by atoms with E-state index in [2.05, 4.69) is 77.4 Å². The van der Waals surface area contributed by atoms with Crippen molar-refractivity contribution < 1.29 is 4.74 Å². The lowest BCUT2D eigenvalue weighted by Gasteiger charge is -2.30. The van der Waals surface area contributed by atoms with Gasteiger partial charge in [-0.15, -0.1) is 0 Å². The first-order valence-electron chi connectivity index (χ1n) is 10.6. The third kappa shape index (κ3) is 7.41. The summed E-state index contributed by atoms with van der Waals surface area (Å²) in [5, 5.41) is 6.92. The van der Waals surface area contributed by atoms with E-state index in [0.29, 0.717) is 12.1 Å². The Bertz CT molecular complexity index is 588. The summed E-state index contributed by atoms with van der Waals surface area (Å²) in [5.74, 6) is 0.855. The van der Waals surface area contributed by atoms with Gasteiger partial charge in [0, 0.05) is 58.4 Å². The molecule has 0 unspecified atom stereocenters. The van der Waals surface area contributed by atoms with Crippen LogP contribution in [0.2, 0.25) is 0 Å². The molecule has 1 aromatic carbocycles. The first-order valence-corrected chi connectivity index (χ1v) is 10.6. The van der Waals surface area contributed by atoms with Crippen LogP contribution in [0.4, 0.5) is 0 Å². The van der Waals surface area contributed by atoms with Crippen LogP contribution < -0.4 is 10.6 Å². The summed E-state index contributed by atoms with van der Waals surface area (Å²) >= 11 is 0. The van der Waals surface area contributed by atoms with Crippen LogP contribution in [0.3, 0.4) is 0 Å². The number of hydrogen-bond acceptors (Lipinski definition) is 4. The summed E-state index contributed by atoms with van der Waals surface area (Å²) < 4.78 is 5.46. The monoisotopic (exact) mass is 389 g/mol. The van der Waals surface area contributed by atoms with Gasteiger partial charge in [0.25, 0.3) is 0 Å². The van der Waals surface area contributed by atoms with Crippen LogP contribution in [0.15, 0.2) is 29.3 Å². The van der Waals surface area contributed by atoms with Gasteiger partial charge in [-0.25, -0.2) is 0 Å². The maximum absolute atomic E-state index is 5.46. The lowest BCUT2D eigenvalue weighted by molar-refractivity contribution is 0.0341. The van der Waals surface area contributed by atoms with Gasteiger partial charge in [-0.3, -0.25) is 14.8 Å². The minimum Gasteiger partial charge on any atom is -0.379 e.